The van der Waals surface area contributed by atoms with E-state index < -0.39 is 72.2 Å². The van der Waals surface area contributed by atoms with Gasteiger partial charge in [-0.2, -0.15) is 5.10 Å². The van der Waals surface area contributed by atoms with Crippen LogP contribution in [-0.2, 0) is 43.4 Å². The predicted octanol–water partition coefficient (Wildman–Crippen LogP) is 3.18. The van der Waals surface area contributed by atoms with Crippen molar-refractivity contribution in [1.29, 1.82) is 0 Å². The van der Waals surface area contributed by atoms with Crippen LogP contribution in [0.4, 0.5) is 0 Å². The molecule has 0 aliphatic carbocycles. The van der Waals surface area contributed by atoms with Gasteiger partial charge in [-0.05, 0) is 67.9 Å². The molecule has 1 aliphatic rings. The lowest BCUT2D eigenvalue weighted by Gasteiger charge is -2.32. The third-order valence-electron chi connectivity index (χ3n) is 10.9. The summed E-state index contributed by atoms with van der Waals surface area (Å²) in [4.78, 5) is 89.8. The Balaban J connectivity index is 1.56. The topological polar surface area (TPSA) is 209 Å². The van der Waals surface area contributed by atoms with Gasteiger partial charge >= 0.3 is 0 Å². The van der Waals surface area contributed by atoms with Crippen LogP contribution in [0.5, 0.6) is 5.75 Å². The van der Waals surface area contributed by atoms with Crippen LogP contribution in [0.25, 0.3) is 10.9 Å². The zero-order valence-electron chi connectivity index (χ0n) is 36.5. The van der Waals surface area contributed by atoms with E-state index in [0.717, 1.165) is 22.9 Å². The summed E-state index contributed by atoms with van der Waals surface area (Å²) in [5.74, 6) is -3.12. The first-order valence-electron chi connectivity index (χ1n) is 21.1. The zero-order valence-corrected chi connectivity index (χ0v) is 36.5. The summed E-state index contributed by atoms with van der Waals surface area (Å²) in [6.45, 7) is 12.9. The smallest absolute Gasteiger partial charge is 0.257 e. The highest BCUT2D eigenvalue weighted by atomic mass is 16.5. The Morgan fingerprint density at radius 3 is 2.16 bits per heavy atom. The molecule has 1 fully saturated rings. The van der Waals surface area contributed by atoms with Gasteiger partial charge in [-0.15, -0.1) is 0 Å². The number of hydrogen-bond donors (Lipinski definition) is 6. The number of fused-ring (bicyclic) bond motifs is 1. The molecule has 0 bridgehead atoms. The maximum atomic E-state index is 14.5. The molecule has 328 valence electrons. The van der Waals surface area contributed by atoms with Crippen LogP contribution in [0.1, 0.15) is 81.6 Å². The highest BCUT2D eigenvalue weighted by Crippen LogP contribution is 2.21. The van der Waals surface area contributed by atoms with E-state index in [9.17, 15) is 28.8 Å². The largest absolute Gasteiger partial charge is 0.497 e. The number of aromatic amines is 1. The van der Waals surface area contributed by atoms with Crippen LogP contribution < -0.4 is 31.3 Å². The van der Waals surface area contributed by atoms with Crippen LogP contribution in [0, 0.1) is 18.8 Å². The van der Waals surface area contributed by atoms with Gasteiger partial charge in [0, 0.05) is 55.3 Å². The molecular weight excluding hydrogens is 779 g/mol. The lowest BCUT2D eigenvalue weighted by molar-refractivity contribution is -0.135. The highest BCUT2D eigenvalue weighted by molar-refractivity contribution is 5.99. The molecule has 5 rings (SSSR count). The summed E-state index contributed by atoms with van der Waals surface area (Å²) in [6.07, 6.45) is 4.56. The van der Waals surface area contributed by atoms with E-state index in [4.69, 9.17) is 4.74 Å². The lowest BCUT2D eigenvalue weighted by Crippen LogP contribution is -2.60. The quantitative estimate of drug-likeness (QED) is 0.132. The molecule has 0 saturated carbocycles. The number of H-pyrrole nitrogens is 1. The number of methoxy groups -OCH3 is 1. The second-order valence-corrected chi connectivity index (χ2v) is 16.7. The van der Waals surface area contributed by atoms with Crippen LogP contribution in [0.3, 0.4) is 0 Å². The normalized spacial score (nSPS) is 21.3. The van der Waals surface area contributed by atoms with Gasteiger partial charge in [-0.1, -0.05) is 65.0 Å². The minimum Gasteiger partial charge on any atom is -0.497 e. The van der Waals surface area contributed by atoms with Gasteiger partial charge in [0.1, 0.15) is 29.9 Å². The van der Waals surface area contributed by atoms with Crippen LogP contribution in [-0.4, -0.2) is 106 Å². The van der Waals surface area contributed by atoms with Crippen LogP contribution in [0.2, 0.25) is 0 Å². The van der Waals surface area contributed by atoms with Crippen LogP contribution >= 0.6 is 0 Å². The maximum absolute atomic E-state index is 14.5. The fourth-order valence-electron chi connectivity index (χ4n) is 7.41. The average Bonchev–Trinajstić information content (AvgIpc) is 3.80. The Kier molecular flexibility index (Phi) is 15.7. The number of aryl methyl sites for hydroxylation is 2. The van der Waals surface area contributed by atoms with Gasteiger partial charge in [0.05, 0.1) is 24.9 Å². The van der Waals surface area contributed by atoms with E-state index in [0.29, 0.717) is 29.1 Å². The number of ether oxygens (including phenoxy) is 1. The summed E-state index contributed by atoms with van der Waals surface area (Å²) in [7, 11) is 1.55. The Labute approximate surface area is 357 Å². The number of nitrogens with one attached hydrogen (secondary N) is 6. The number of nitrogens with zero attached hydrogens (tertiary/aromatic N) is 3. The molecule has 4 aromatic rings. The summed E-state index contributed by atoms with van der Waals surface area (Å²) < 4.78 is 6.98. The SMILES string of the molecule is CCCn1cc(C(=O)N2CC(=O)N[C@H](Cc3c[nH]c4ccccc34)C(=O)N[C@@H](CC(C)C)C(=O)N[C@@H](Cc3ccc(OC)cc3)C(=O)N[C@H](C)C(=O)N[C@@H](C(C)C)C2)c(C)n1. The second-order valence-electron chi connectivity index (χ2n) is 16.7. The van der Waals surface area contributed by atoms with E-state index in [2.05, 4.69) is 36.7 Å². The standard InChI is InChI=1S/C45H61N9O7/c1-9-18-54-23-34(28(6)52-54)45(60)53-24-39(27(4)5)51-41(56)29(7)47-42(57)37(20-30-14-16-32(61-8)17-15-30)50-43(58)36(19-26(2)3)49-44(59)38(48-40(55)25-53)21-31-22-46-35-13-11-10-12-33(31)35/h10-17,22-23,26-27,29,36-39,46H,9,18-21,24-25H2,1-8H3,(H,47,57)(H,48,55)(H,49,59)(H,50,58)(H,51,56)/t29-,36+,37+,38-,39-/m1/s1. The number of para-hydroxylation sites is 1. The Hall–Kier alpha value is -6.19. The molecule has 0 spiro atoms. The highest BCUT2D eigenvalue weighted by Gasteiger charge is 2.34. The first kappa shape index (κ1) is 45.9. The number of amides is 6. The fourth-order valence-corrected chi connectivity index (χ4v) is 7.41. The van der Waals surface area contributed by atoms with Gasteiger partial charge in [0.15, 0.2) is 0 Å². The molecule has 16 nitrogen and oxygen atoms in total. The second kappa shape index (κ2) is 20.9. The number of rotatable bonds is 11. The lowest BCUT2D eigenvalue weighted by atomic mass is 9.99. The molecule has 16 heteroatoms. The summed E-state index contributed by atoms with van der Waals surface area (Å²) in [5.41, 5.74) is 3.09. The minimum absolute atomic E-state index is 0.0551. The molecule has 6 amide bonds. The Bertz CT molecular complexity index is 2180. The van der Waals surface area contributed by atoms with Crippen molar-refractivity contribution >= 4 is 46.3 Å². The van der Waals surface area contributed by atoms with Crippen molar-refractivity contribution in [1.82, 2.24) is 46.2 Å². The molecule has 2 aromatic heterocycles. The van der Waals surface area contributed by atoms with E-state index in [-0.39, 0.29) is 37.6 Å². The van der Waals surface area contributed by atoms with Crippen molar-refractivity contribution in [2.75, 3.05) is 20.2 Å². The van der Waals surface area contributed by atoms with Gasteiger partial charge in [-0.3, -0.25) is 33.4 Å². The van der Waals surface area contributed by atoms with Gasteiger partial charge in [0.25, 0.3) is 5.91 Å². The van der Waals surface area contributed by atoms with Crippen molar-refractivity contribution in [3.63, 3.8) is 0 Å². The van der Waals surface area contributed by atoms with Crippen LogP contribution in [0.15, 0.2) is 60.9 Å². The predicted molar refractivity (Wildman–Crippen MR) is 231 cm³/mol. The fraction of sp³-hybridized carbons (Fsp3) is 0.489. The minimum atomic E-state index is -1.18. The van der Waals surface area contributed by atoms with Crippen molar-refractivity contribution in [2.45, 2.75) is 111 Å². The Morgan fingerprint density at radius 1 is 0.836 bits per heavy atom. The van der Waals surface area contributed by atoms with Gasteiger partial charge in [-0.25, -0.2) is 0 Å². The van der Waals surface area contributed by atoms with Crippen molar-refractivity contribution in [2.24, 2.45) is 11.8 Å². The molecule has 0 radical (unpaired) electrons. The summed E-state index contributed by atoms with van der Waals surface area (Å²) >= 11 is 0. The van der Waals surface area contributed by atoms with E-state index >= 15 is 0 Å². The number of benzene rings is 2. The number of carbonyl (C=O) groups is 6. The summed E-state index contributed by atoms with van der Waals surface area (Å²) in [5, 5.41) is 19.8. The van der Waals surface area contributed by atoms with E-state index in [1.54, 1.807) is 55.4 Å². The van der Waals surface area contributed by atoms with Crippen molar-refractivity contribution in [3.8, 4) is 5.75 Å². The molecule has 2 aromatic carbocycles. The van der Waals surface area contributed by atoms with Crippen molar-refractivity contribution in [3.05, 3.63) is 83.3 Å². The average molecular weight is 840 g/mol. The third-order valence-corrected chi connectivity index (χ3v) is 10.9. The first-order chi connectivity index (χ1) is 29.1. The zero-order chi connectivity index (χ0) is 44.4. The number of carbonyl (C=O) groups excluding carboxylic acids is 6. The molecule has 6 N–H and O–H groups in total. The maximum Gasteiger partial charge on any atom is 0.257 e. The van der Waals surface area contributed by atoms with Crippen molar-refractivity contribution < 1.29 is 33.5 Å². The molecule has 1 aliphatic heterocycles. The molecule has 3 heterocycles. The third kappa shape index (κ3) is 12.2. The monoisotopic (exact) mass is 839 g/mol. The molecule has 1 saturated heterocycles. The van der Waals surface area contributed by atoms with Gasteiger partial charge in [0.2, 0.25) is 29.5 Å². The first-order valence-corrected chi connectivity index (χ1v) is 21.1. The molecule has 0 unspecified atom stereocenters. The number of aromatic nitrogens is 3. The Morgan fingerprint density at radius 2 is 1.49 bits per heavy atom. The molecular formula is C45H61N9O7. The van der Waals surface area contributed by atoms with E-state index in [1.807, 2.05) is 58.9 Å². The molecule has 61 heavy (non-hydrogen) atoms. The number of hydrogen-bond acceptors (Lipinski definition) is 8. The summed E-state index contributed by atoms with van der Waals surface area (Å²) in [6, 6.07) is 9.48. The van der Waals surface area contributed by atoms with Gasteiger partial charge < -0.3 is 41.2 Å². The molecule has 5 atom stereocenters. The van der Waals surface area contributed by atoms with E-state index in [1.165, 1.54) is 11.8 Å².